The Morgan fingerprint density at radius 1 is 1.07 bits per heavy atom. The van der Waals surface area contributed by atoms with Crippen molar-refractivity contribution in [1.29, 1.82) is 0 Å². The molecule has 1 saturated carbocycles. The molecule has 2 unspecified atom stereocenters. The van der Waals surface area contributed by atoms with Crippen LogP contribution >= 0.6 is 0 Å². The normalized spacial score (nSPS) is 23.8. The van der Waals surface area contributed by atoms with Gasteiger partial charge in [0.25, 0.3) is 0 Å². The Bertz CT molecular complexity index is 905. The molecule has 2 atom stereocenters. The molecule has 1 spiro atoms. The predicted molar refractivity (Wildman–Crippen MR) is 110 cm³/mol. The van der Waals surface area contributed by atoms with Crippen molar-refractivity contribution in [2.24, 2.45) is 5.41 Å². The summed E-state index contributed by atoms with van der Waals surface area (Å²) in [6.07, 6.45) is 3.03. The lowest BCUT2D eigenvalue weighted by Crippen LogP contribution is -2.49. The van der Waals surface area contributed by atoms with Gasteiger partial charge in [0.2, 0.25) is 10.0 Å². The Kier molecular flexibility index (Phi) is 4.87. The van der Waals surface area contributed by atoms with Gasteiger partial charge < -0.3 is 5.32 Å². The van der Waals surface area contributed by atoms with E-state index in [0.29, 0.717) is 0 Å². The monoisotopic (exact) mass is 384 g/mol. The van der Waals surface area contributed by atoms with E-state index >= 15 is 0 Å². The smallest absolute Gasteiger partial charge is 0.214 e. The van der Waals surface area contributed by atoms with Crippen molar-refractivity contribution < 1.29 is 8.42 Å². The Labute approximate surface area is 162 Å². The van der Waals surface area contributed by atoms with Gasteiger partial charge in [-0.2, -0.15) is 0 Å². The first-order valence-electron chi connectivity index (χ1n) is 9.79. The summed E-state index contributed by atoms with van der Waals surface area (Å²) in [6.45, 7) is 4.38. The minimum atomic E-state index is -3.28. The highest BCUT2D eigenvalue weighted by molar-refractivity contribution is 7.90. The summed E-state index contributed by atoms with van der Waals surface area (Å²) in [5.74, 6) is 0. The van der Waals surface area contributed by atoms with Crippen LogP contribution in [0.5, 0.6) is 0 Å². The first kappa shape index (κ1) is 18.7. The highest BCUT2D eigenvalue weighted by atomic mass is 32.2. The molecule has 0 aromatic heterocycles. The van der Waals surface area contributed by atoms with E-state index in [-0.39, 0.29) is 17.5 Å². The first-order valence-corrected chi connectivity index (χ1v) is 11.3. The van der Waals surface area contributed by atoms with E-state index in [9.17, 15) is 8.42 Å². The van der Waals surface area contributed by atoms with Crippen LogP contribution in [0.2, 0.25) is 0 Å². The Balaban J connectivity index is 1.55. The van der Waals surface area contributed by atoms with E-state index in [1.54, 1.807) is 13.8 Å². The van der Waals surface area contributed by atoms with Gasteiger partial charge >= 0.3 is 0 Å². The summed E-state index contributed by atoms with van der Waals surface area (Å²) in [4.78, 5) is 0. The van der Waals surface area contributed by atoms with Crippen molar-refractivity contribution in [2.45, 2.75) is 50.4 Å². The second kappa shape index (κ2) is 7.04. The summed E-state index contributed by atoms with van der Waals surface area (Å²) < 4.78 is 28.0. The van der Waals surface area contributed by atoms with E-state index in [0.717, 1.165) is 25.8 Å². The molecular formula is C22H28N2O2S. The van der Waals surface area contributed by atoms with Crippen molar-refractivity contribution in [3.63, 3.8) is 0 Å². The zero-order valence-electron chi connectivity index (χ0n) is 16.0. The topological polar surface area (TPSA) is 58.2 Å². The number of sulfonamides is 1. The number of nitrogens with one attached hydrogen (secondary N) is 2. The van der Waals surface area contributed by atoms with Crippen LogP contribution in [0.3, 0.4) is 0 Å². The van der Waals surface area contributed by atoms with Gasteiger partial charge in [-0.05, 0) is 49.8 Å². The molecule has 4 nitrogen and oxygen atoms in total. The Hall–Kier alpha value is -1.69. The predicted octanol–water partition coefficient (Wildman–Crippen LogP) is 3.34. The first-order chi connectivity index (χ1) is 12.9. The molecule has 0 bridgehead atoms. The summed E-state index contributed by atoms with van der Waals surface area (Å²) in [5.41, 5.74) is 3.75. The van der Waals surface area contributed by atoms with Gasteiger partial charge in [0.1, 0.15) is 0 Å². The summed E-state index contributed by atoms with van der Waals surface area (Å²) in [6, 6.07) is 19.0. The van der Waals surface area contributed by atoms with Gasteiger partial charge in [-0.25, -0.2) is 13.1 Å². The average Bonchev–Trinajstić information content (AvgIpc) is 3.38. The van der Waals surface area contributed by atoms with Crippen LogP contribution in [0.25, 0.3) is 11.1 Å². The molecule has 2 aromatic carbocycles. The molecule has 1 aliphatic carbocycles. The summed E-state index contributed by atoms with van der Waals surface area (Å²) >= 11 is 0. The zero-order chi connectivity index (χ0) is 19.1. The standard InChI is InChI=1S/C22H28N2O2S/c1-16(2)27(25,26)24-21-20(23-15-22(21)11-12-22)14-17-7-6-10-19(13-17)18-8-4-3-5-9-18/h3-10,13,16,20-21,23-24H,11-12,14-15H2,1-2H3. The van der Waals surface area contributed by atoms with Crippen molar-refractivity contribution >= 4 is 10.0 Å². The van der Waals surface area contributed by atoms with Crippen LogP contribution < -0.4 is 10.0 Å². The fourth-order valence-corrected chi connectivity index (χ4v) is 5.15. The molecule has 2 aliphatic rings. The van der Waals surface area contributed by atoms with E-state index in [4.69, 9.17) is 0 Å². The molecule has 1 heterocycles. The van der Waals surface area contributed by atoms with Gasteiger partial charge in [0.15, 0.2) is 0 Å². The highest BCUT2D eigenvalue weighted by Gasteiger charge is 2.57. The van der Waals surface area contributed by atoms with Gasteiger partial charge in [0.05, 0.1) is 5.25 Å². The molecule has 5 heteroatoms. The zero-order valence-corrected chi connectivity index (χ0v) is 16.8. The van der Waals surface area contributed by atoms with Crippen LogP contribution in [-0.4, -0.2) is 32.3 Å². The number of benzene rings is 2. The molecule has 2 aromatic rings. The third kappa shape index (κ3) is 3.82. The Morgan fingerprint density at radius 3 is 2.44 bits per heavy atom. The quantitative estimate of drug-likeness (QED) is 0.803. The average molecular weight is 385 g/mol. The van der Waals surface area contributed by atoms with Crippen LogP contribution in [0.1, 0.15) is 32.3 Å². The molecule has 0 radical (unpaired) electrons. The van der Waals surface area contributed by atoms with Crippen molar-refractivity contribution in [1.82, 2.24) is 10.0 Å². The van der Waals surface area contributed by atoms with Gasteiger partial charge in [-0.3, -0.25) is 0 Å². The Morgan fingerprint density at radius 2 is 1.78 bits per heavy atom. The van der Waals surface area contributed by atoms with Gasteiger partial charge in [-0.1, -0.05) is 54.6 Å². The molecule has 2 N–H and O–H groups in total. The van der Waals surface area contributed by atoms with E-state index in [1.165, 1.54) is 16.7 Å². The SMILES string of the molecule is CC(C)S(=O)(=O)NC1C(Cc2cccc(-c3ccccc3)c2)NCC12CC2. The minimum absolute atomic E-state index is 0.0229. The van der Waals surface area contributed by atoms with Crippen LogP contribution in [0.15, 0.2) is 54.6 Å². The van der Waals surface area contributed by atoms with E-state index in [1.807, 2.05) is 18.2 Å². The van der Waals surface area contributed by atoms with Gasteiger partial charge in [-0.15, -0.1) is 0 Å². The molecule has 1 saturated heterocycles. The second-order valence-corrected chi connectivity index (χ2v) is 10.6. The maximum absolute atomic E-state index is 12.5. The lowest BCUT2D eigenvalue weighted by atomic mass is 9.92. The van der Waals surface area contributed by atoms with Crippen LogP contribution in [-0.2, 0) is 16.4 Å². The van der Waals surface area contributed by atoms with Crippen molar-refractivity contribution in [3.05, 3.63) is 60.2 Å². The molecule has 1 aliphatic heterocycles. The van der Waals surface area contributed by atoms with Crippen LogP contribution in [0.4, 0.5) is 0 Å². The molecule has 27 heavy (non-hydrogen) atoms. The lowest BCUT2D eigenvalue weighted by Gasteiger charge is -2.26. The van der Waals surface area contributed by atoms with E-state index in [2.05, 4.69) is 46.4 Å². The maximum Gasteiger partial charge on any atom is 0.214 e. The van der Waals surface area contributed by atoms with Crippen molar-refractivity contribution in [3.8, 4) is 11.1 Å². The maximum atomic E-state index is 12.5. The van der Waals surface area contributed by atoms with Crippen LogP contribution in [0, 0.1) is 5.41 Å². The third-order valence-corrected chi connectivity index (χ3v) is 7.90. The number of hydrogen-bond acceptors (Lipinski definition) is 3. The fraction of sp³-hybridized carbons (Fsp3) is 0.455. The molecule has 0 amide bonds. The molecule has 144 valence electrons. The largest absolute Gasteiger partial charge is 0.311 e. The second-order valence-electron chi connectivity index (χ2n) is 8.31. The fourth-order valence-electron chi connectivity index (χ4n) is 4.11. The minimum Gasteiger partial charge on any atom is -0.311 e. The van der Waals surface area contributed by atoms with E-state index < -0.39 is 15.3 Å². The number of rotatable bonds is 6. The summed E-state index contributed by atoms with van der Waals surface area (Å²) in [5, 5.41) is 3.20. The lowest BCUT2D eigenvalue weighted by molar-refractivity contribution is 0.407. The number of hydrogen-bond donors (Lipinski definition) is 2. The van der Waals surface area contributed by atoms with Gasteiger partial charge in [0, 0.05) is 24.0 Å². The van der Waals surface area contributed by atoms with Crippen molar-refractivity contribution in [2.75, 3.05) is 6.54 Å². The molecule has 4 rings (SSSR count). The summed E-state index contributed by atoms with van der Waals surface area (Å²) in [7, 11) is -3.28. The molecular weight excluding hydrogens is 356 g/mol. The highest BCUT2D eigenvalue weighted by Crippen LogP contribution is 2.52. The third-order valence-electron chi connectivity index (χ3n) is 6.07. The molecule has 2 fully saturated rings.